The number of aliphatic hydroxyl groups is 1. The first kappa shape index (κ1) is 35.9. The number of hydrogen-bond acceptors (Lipinski definition) is 5. The van der Waals surface area contributed by atoms with Crippen LogP contribution in [0, 0.1) is 11.8 Å². The van der Waals surface area contributed by atoms with Gasteiger partial charge in [-0.1, -0.05) is 76.4 Å². The Morgan fingerprint density at radius 1 is 1.25 bits per heavy atom. The van der Waals surface area contributed by atoms with E-state index in [1.54, 1.807) is 30.6 Å². The van der Waals surface area contributed by atoms with Crippen LogP contribution in [0.3, 0.4) is 0 Å². The van der Waals surface area contributed by atoms with Gasteiger partial charge in [-0.2, -0.15) is 0 Å². The van der Waals surface area contributed by atoms with Gasteiger partial charge >= 0.3 is 6.09 Å². The molecule has 0 aliphatic rings. The van der Waals surface area contributed by atoms with Crippen molar-refractivity contribution in [2.75, 3.05) is 26.2 Å². The summed E-state index contributed by atoms with van der Waals surface area (Å²) in [6.07, 6.45) is 6.61. The number of nitrogens with zero attached hydrogens (tertiary/aromatic N) is 3. The Morgan fingerprint density at radius 3 is 2.45 bits per heavy atom. The minimum Gasteiger partial charge on any atom is -0.444 e. The van der Waals surface area contributed by atoms with Gasteiger partial charge in [-0.15, -0.1) is 6.58 Å². The van der Waals surface area contributed by atoms with Crippen molar-refractivity contribution >= 4 is 40.3 Å². The van der Waals surface area contributed by atoms with Crippen LogP contribution in [-0.4, -0.2) is 64.0 Å². The summed E-state index contributed by atoms with van der Waals surface area (Å²) in [6, 6.07) is 2.91. The summed E-state index contributed by atoms with van der Waals surface area (Å²) in [5, 5.41) is 13.4. The molecule has 2 aromatic rings. The fourth-order valence-corrected chi connectivity index (χ4v) is 4.10. The van der Waals surface area contributed by atoms with E-state index in [-0.39, 0.29) is 18.4 Å². The molecule has 1 heterocycles. The second kappa shape index (κ2) is 19.1. The number of alkyl carbamates (subject to hydrolysis) is 1. The first-order chi connectivity index (χ1) is 18.9. The van der Waals surface area contributed by atoms with Crippen molar-refractivity contribution in [3.05, 3.63) is 53.1 Å². The number of carbonyl (C=O) groups is 1. The third-order valence-electron chi connectivity index (χ3n) is 6.43. The lowest BCUT2D eigenvalue weighted by atomic mass is 10.1. The Morgan fingerprint density at radius 2 is 1.90 bits per heavy atom. The lowest BCUT2D eigenvalue weighted by molar-refractivity contribution is 0.0770. The number of nitrogens with one attached hydrogen (secondary N) is 1. The van der Waals surface area contributed by atoms with Crippen LogP contribution in [0.15, 0.2) is 43.0 Å². The Balaban J connectivity index is 0.00000146. The number of halogens is 3. The Hall–Kier alpha value is -2.13. The molecule has 0 bridgehead atoms. The molecule has 226 valence electrons. The molecule has 1 aromatic heterocycles. The van der Waals surface area contributed by atoms with E-state index in [0.29, 0.717) is 48.2 Å². The summed E-state index contributed by atoms with van der Waals surface area (Å²) in [7, 11) is 0. The highest BCUT2D eigenvalue weighted by molar-refractivity contribution is 6.42. The summed E-state index contributed by atoms with van der Waals surface area (Å²) in [5.41, 5.74) is 1.50. The second-order valence-electron chi connectivity index (χ2n) is 10.5. The zero-order valence-corrected chi connectivity index (χ0v) is 26.3. The molecule has 0 radical (unpaired) electrons. The standard InChI is InChI=1S/C25H35Cl2FN4O3.C5H12/c1-5-8-31(9-7-17(3)10-18(4)28)13-19(15-33)30-25(34)35-20(6-2)14-32-16-29-23-11-21(26)22(27)12-24(23)32;1-4-5(2)3/h5,10-12,16-17,19-20,33H,1,6-9,13-15H2,2-4H3,(H,30,34);5H,4H2,1-3H3/b18-10+;. The Bertz CT molecular complexity index is 1070. The maximum absolute atomic E-state index is 13.1. The predicted octanol–water partition coefficient (Wildman–Crippen LogP) is 7.65. The summed E-state index contributed by atoms with van der Waals surface area (Å²) < 4.78 is 20.6. The number of imidazole rings is 1. The van der Waals surface area contributed by atoms with Crippen LogP contribution in [0.2, 0.25) is 10.0 Å². The molecule has 0 fully saturated rings. The van der Waals surface area contributed by atoms with Gasteiger partial charge in [0, 0.05) is 13.1 Å². The molecule has 2 N–H and O–H groups in total. The highest BCUT2D eigenvalue weighted by Gasteiger charge is 2.20. The molecule has 3 unspecified atom stereocenters. The first-order valence-electron chi connectivity index (χ1n) is 14.0. The number of amides is 1. The van der Waals surface area contributed by atoms with Gasteiger partial charge in [-0.05, 0) is 50.3 Å². The van der Waals surface area contributed by atoms with Crippen LogP contribution < -0.4 is 5.32 Å². The van der Waals surface area contributed by atoms with E-state index >= 15 is 0 Å². The molecule has 3 atom stereocenters. The van der Waals surface area contributed by atoms with Gasteiger partial charge in [-0.25, -0.2) is 14.2 Å². The number of rotatable bonds is 15. The van der Waals surface area contributed by atoms with Crippen LogP contribution >= 0.6 is 23.2 Å². The molecule has 1 aromatic carbocycles. The third-order valence-corrected chi connectivity index (χ3v) is 7.15. The lowest BCUT2D eigenvalue weighted by Crippen LogP contribution is -2.47. The molecular formula is C30H47Cl2FN4O3. The van der Waals surface area contributed by atoms with Gasteiger partial charge in [0.2, 0.25) is 0 Å². The lowest BCUT2D eigenvalue weighted by Gasteiger charge is -2.27. The summed E-state index contributed by atoms with van der Waals surface area (Å²) in [4.78, 5) is 19.0. The molecule has 2 rings (SSSR count). The van der Waals surface area contributed by atoms with E-state index in [9.17, 15) is 14.3 Å². The molecular weight excluding hydrogens is 554 g/mol. The fourth-order valence-electron chi connectivity index (χ4n) is 3.78. The van der Waals surface area contributed by atoms with Gasteiger partial charge in [0.25, 0.3) is 0 Å². The molecule has 0 aliphatic carbocycles. The number of ether oxygens (including phenoxy) is 1. The van der Waals surface area contributed by atoms with Crippen molar-refractivity contribution in [3.63, 3.8) is 0 Å². The normalized spacial score (nSPS) is 14.1. The Labute approximate surface area is 249 Å². The minimum absolute atomic E-state index is 0.0771. The zero-order chi connectivity index (χ0) is 30.2. The highest BCUT2D eigenvalue weighted by atomic mass is 35.5. The Kier molecular flexibility index (Phi) is 17.1. The highest BCUT2D eigenvalue weighted by Crippen LogP contribution is 2.27. The van der Waals surface area contributed by atoms with Gasteiger partial charge in [0.15, 0.2) is 0 Å². The van der Waals surface area contributed by atoms with Crippen molar-refractivity contribution in [3.8, 4) is 0 Å². The number of benzene rings is 1. The van der Waals surface area contributed by atoms with Gasteiger partial charge in [-0.3, -0.25) is 4.90 Å². The largest absolute Gasteiger partial charge is 0.444 e. The first-order valence-corrected chi connectivity index (χ1v) is 14.7. The molecule has 0 aliphatic heterocycles. The van der Waals surface area contributed by atoms with E-state index in [1.807, 2.05) is 18.4 Å². The minimum atomic E-state index is -0.607. The van der Waals surface area contributed by atoms with E-state index in [1.165, 1.54) is 13.3 Å². The maximum atomic E-state index is 13.1. The fraction of sp³-hybridized carbons (Fsp3) is 0.600. The van der Waals surface area contributed by atoms with E-state index < -0.39 is 18.2 Å². The molecule has 10 heteroatoms. The monoisotopic (exact) mass is 600 g/mol. The van der Waals surface area contributed by atoms with Gasteiger partial charge < -0.3 is 19.7 Å². The molecule has 0 saturated heterocycles. The predicted molar refractivity (Wildman–Crippen MR) is 165 cm³/mol. The van der Waals surface area contributed by atoms with E-state index in [0.717, 1.165) is 17.9 Å². The van der Waals surface area contributed by atoms with Crippen LogP contribution in [0.4, 0.5) is 9.18 Å². The van der Waals surface area contributed by atoms with E-state index in [4.69, 9.17) is 27.9 Å². The van der Waals surface area contributed by atoms with Crippen molar-refractivity contribution in [1.82, 2.24) is 19.8 Å². The van der Waals surface area contributed by atoms with Gasteiger partial charge in [0.1, 0.15) is 6.10 Å². The third kappa shape index (κ3) is 13.5. The quantitative estimate of drug-likeness (QED) is 0.205. The average molecular weight is 602 g/mol. The van der Waals surface area contributed by atoms with Crippen LogP contribution in [0.1, 0.15) is 60.8 Å². The summed E-state index contributed by atoms with van der Waals surface area (Å²) >= 11 is 12.2. The maximum Gasteiger partial charge on any atom is 0.407 e. The van der Waals surface area contributed by atoms with Crippen LogP contribution in [0.5, 0.6) is 0 Å². The number of fused-ring (bicyclic) bond motifs is 1. The number of allylic oxidation sites excluding steroid dienone is 2. The average Bonchev–Trinajstić information content (AvgIpc) is 3.27. The number of hydrogen-bond donors (Lipinski definition) is 2. The second-order valence-corrected chi connectivity index (χ2v) is 11.3. The molecule has 0 spiro atoms. The van der Waals surface area contributed by atoms with Crippen molar-refractivity contribution in [1.29, 1.82) is 0 Å². The smallest absolute Gasteiger partial charge is 0.407 e. The van der Waals surface area contributed by atoms with Crippen LogP contribution in [0.25, 0.3) is 11.0 Å². The number of aliphatic hydroxyl groups excluding tert-OH is 1. The van der Waals surface area contributed by atoms with Crippen LogP contribution in [-0.2, 0) is 11.3 Å². The number of aromatic nitrogens is 2. The topological polar surface area (TPSA) is 79.6 Å². The number of carbonyl (C=O) groups excluding carboxylic acids is 1. The summed E-state index contributed by atoms with van der Waals surface area (Å²) in [6.45, 7) is 17.5. The molecule has 40 heavy (non-hydrogen) atoms. The molecule has 1 amide bonds. The van der Waals surface area contributed by atoms with Crippen molar-refractivity contribution in [2.24, 2.45) is 11.8 Å². The zero-order valence-electron chi connectivity index (χ0n) is 24.8. The molecule has 0 saturated carbocycles. The van der Waals surface area contributed by atoms with Crippen molar-refractivity contribution < 1.29 is 19.0 Å². The van der Waals surface area contributed by atoms with Crippen molar-refractivity contribution in [2.45, 2.75) is 79.5 Å². The van der Waals surface area contributed by atoms with E-state index in [2.05, 4.69) is 42.6 Å². The summed E-state index contributed by atoms with van der Waals surface area (Å²) in [5.74, 6) is 0.759. The molecule has 7 nitrogen and oxygen atoms in total. The SMILES string of the molecule is C=CCN(CCC(C)/C=C(\C)F)CC(CO)NC(=O)OC(CC)Cn1cnc2cc(Cl)c(Cl)cc21.CCC(C)C. The van der Waals surface area contributed by atoms with Gasteiger partial charge in [0.05, 0.1) is 52.4 Å².